The molecule has 0 aliphatic heterocycles. The van der Waals surface area contributed by atoms with E-state index < -0.39 is 13.4 Å². The maximum Gasteiger partial charge on any atom is 0.351 e. The van der Waals surface area contributed by atoms with Crippen LogP contribution in [0.15, 0.2) is 72.8 Å². The van der Waals surface area contributed by atoms with E-state index in [1.165, 1.54) is 25.0 Å². The molecule has 0 fully saturated rings. The van der Waals surface area contributed by atoms with Crippen LogP contribution in [-0.2, 0) is 13.6 Å². The molecule has 0 bridgehead atoms. The fourth-order valence-electron chi connectivity index (χ4n) is 3.25. The van der Waals surface area contributed by atoms with Crippen molar-refractivity contribution in [3.05, 3.63) is 83.9 Å². The molecule has 5 heteroatoms. The van der Waals surface area contributed by atoms with Gasteiger partial charge < -0.3 is 9.05 Å². The van der Waals surface area contributed by atoms with E-state index in [1.807, 2.05) is 48.5 Å². The summed E-state index contributed by atoms with van der Waals surface area (Å²) in [6, 6.07) is 24.1. The first-order valence-corrected chi connectivity index (χ1v) is 10.2. The first-order valence-electron chi connectivity index (χ1n) is 8.59. The van der Waals surface area contributed by atoms with Crippen molar-refractivity contribution in [2.24, 2.45) is 0 Å². The summed E-state index contributed by atoms with van der Waals surface area (Å²) < 4.78 is 23.8. The lowest BCUT2D eigenvalue weighted by molar-refractivity contribution is 0.256. The highest BCUT2D eigenvalue weighted by atomic mass is 31.2. The Labute approximate surface area is 154 Å². The van der Waals surface area contributed by atoms with Crippen molar-refractivity contribution in [2.75, 3.05) is 14.2 Å². The molecule has 4 nitrogen and oxygen atoms in total. The molecule has 0 saturated carbocycles. The summed E-state index contributed by atoms with van der Waals surface area (Å²) in [5.41, 5.74) is 2.01. The van der Waals surface area contributed by atoms with Gasteiger partial charge in [0, 0.05) is 20.3 Å². The minimum absolute atomic E-state index is 0.0510. The Balaban J connectivity index is 2.00. The van der Waals surface area contributed by atoms with Crippen molar-refractivity contribution >= 4 is 18.4 Å². The van der Waals surface area contributed by atoms with E-state index in [0.29, 0.717) is 0 Å². The van der Waals surface area contributed by atoms with Crippen LogP contribution in [0.25, 0.3) is 10.8 Å². The van der Waals surface area contributed by atoms with Crippen LogP contribution in [-0.4, -0.2) is 14.2 Å². The van der Waals surface area contributed by atoms with E-state index in [-0.39, 0.29) is 6.04 Å². The predicted molar refractivity (Wildman–Crippen MR) is 106 cm³/mol. The van der Waals surface area contributed by atoms with Crippen molar-refractivity contribution in [3.8, 4) is 0 Å². The van der Waals surface area contributed by atoms with Gasteiger partial charge in [-0.3, -0.25) is 9.88 Å². The fraction of sp³-hybridized carbons (Fsp3) is 0.238. The van der Waals surface area contributed by atoms with E-state index in [0.717, 1.165) is 11.1 Å². The van der Waals surface area contributed by atoms with E-state index >= 15 is 0 Å². The van der Waals surface area contributed by atoms with Gasteiger partial charge in [0.2, 0.25) is 0 Å². The van der Waals surface area contributed by atoms with Crippen LogP contribution in [0.1, 0.15) is 29.9 Å². The molecule has 0 saturated heterocycles. The second-order valence-corrected chi connectivity index (χ2v) is 8.50. The molecule has 3 aromatic rings. The Morgan fingerprint density at radius 1 is 0.846 bits per heavy atom. The molecule has 0 amide bonds. The highest BCUT2D eigenvalue weighted by Gasteiger charge is 2.36. The number of fused-ring (bicyclic) bond motifs is 1. The molecule has 0 aromatic heterocycles. The van der Waals surface area contributed by atoms with Crippen LogP contribution in [0, 0.1) is 0 Å². The lowest BCUT2D eigenvalue weighted by Crippen LogP contribution is -2.26. The third kappa shape index (κ3) is 3.74. The molecule has 3 rings (SSSR count). The van der Waals surface area contributed by atoms with Crippen molar-refractivity contribution in [1.29, 1.82) is 0 Å². The minimum atomic E-state index is -3.36. The van der Waals surface area contributed by atoms with Gasteiger partial charge in [0.15, 0.2) is 0 Å². The Kier molecular flexibility index (Phi) is 5.90. The lowest BCUT2D eigenvalue weighted by Gasteiger charge is -2.29. The predicted octanol–water partition coefficient (Wildman–Crippen LogP) is 5.68. The van der Waals surface area contributed by atoms with E-state index in [1.54, 1.807) is 0 Å². The number of hydrogen-bond acceptors (Lipinski definition) is 4. The summed E-state index contributed by atoms with van der Waals surface area (Å²) >= 11 is 0. The zero-order chi connectivity index (χ0) is 18.6. The lowest BCUT2D eigenvalue weighted by atomic mass is 9.99. The smallest absolute Gasteiger partial charge is 0.311 e. The standard InChI is InChI=1S/C21H24NO3P/c1-16(19-15-9-13-17-10-7-8-14-20(17)19)22-21(26(23,24-2)25-3)18-11-5-4-6-12-18/h4-16,21-22H,1-3H3/t16-,21?/m0/s1. The van der Waals surface area contributed by atoms with Gasteiger partial charge in [-0.05, 0) is 28.8 Å². The number of nitrogens with one attached hydrogen (secondary N) is 1. The second-order valence-electron chi connectivity index (χ2n) is 6.17. The topological polar surface area (TPSA) is 47.6 Å². The van der Waals surface area contributed by atoms with Crippen LogP contribution >= 0.6 is 7.60 Å². The van der Waals surface area contributed by atoms with Gasteiger partial charge in [-0.1, -0.05) is 72.8 Å². The molecule has 0 spiro atoms. The molecule has 0 aliphatic rings. The van der Waals surface area contributed by atoms with Gasteiger partial charge in [0.25, 0.3) is 0 Å². The molecule has 0 aliphatic carbocycles. The zero-order valence-electron chi connectivity index (χ0n) is 15.3. The monoisotopic (exact) mass is 369 g/mol. The van der Waals surface area contributed by atoms with Gasteiger partial charge >= 0.3 is 7.60 Å². The highest BCUT2D eigenvalue weighted by molar-refractivity contribution is 7.54. The summed E-state index contributed by atoms with van der Waals surface area (Å²) in [5, 5.41) is 5.82. The molecular weight excluding hydrogens is 345 g/mol. The van der Waals surface area contributed by atoms with Gasteiger partial charge in [-0.2, -0.15) is 0 Å². The number of benzene rings is 3. The van der Waals surface area contributed by atoms with Crippen LogP contribution in [0.4, 0.5) is 0 Å². The summed E-state index contributed by atoms with van der Waals surface area (Å²) in [5.74, 6) is -0.562. The molecule has 26 heavy (non-hydrogen) atoms. The van der Waals surface area contributed by atoms with Crippen molar-refractivity contribution < 1.29 is 13.6 Å². The van der Waals surface area contributed by atoms with Crippen molar-refractivity contribution in [2.45, 2.75) is 18.7 Å². The Morgan fingerprint density at radius 3 is 2.15 bits per heavy atom. The van der Waals surface area contributed by atoms with Gasteiger partial charge in [0.05, 0.1) is 0 Å². The number of rotatable bonds is 7. The quantitative estimate of drug-likeness (QED) is 0.545. The third-order valence-corrected chi connectivity index (χ3v) is 6.74. The van der Waals surface area contributed by atoms with E-state index in [9.17, 15) is 4.57 Å². The molecule has 3 aromatic carbocycles. The Bertz CT molecular complexity index is 900. The molecule has 0 heterocycles. The molecule has 2 atom stereocenters. The fourth-order valence-corrected chi connectivity index (χ4v) is 4.76. The van der Waals surface area contributed by atoms with Crippen LogP contribution in [0.3, 0.4) is 0 Å². The zero-order valence-corrected chi connectivity index (χ0v) is 16.1. The first-order chi connectivity index (χ1) is 12.6. The minimum Gasteiger partial charge on any atom is -0.311 e. The van der Waals surface area contributed by atoms with Crippen LogP contribution in [0.2, 0.25) is 0 Å². The Morgan fingerprint density at radius 2 is 1.46 bits per heavy atom. The molecule has 1 unspecified atom stereocenters. The van der Waals surface area contributed by atoms with Crippen molar-refractivity contribution in [1.82, 2.24) is 5.32 Å². The average molecular weight is 369 g/mol. The maximum absolute atomic E-state index is 13.2. The summed E-state index contributed by atoms with van der Waals surface area (Å²) in [7, 11) is -0.517. The SMILES string of the molecule is COP(=O)(OC)C(N[C@@H](C)c1cccc2ccccc12)c1ccccc1. The highest BCUT2D eigenvalue weighted by Crippen LogP contribution is 2.59. The molecule has 136 valence electrons. The maximum atomic E-state index is 13.2. The molecular formula is C21H24NO3P. The van der Waals surface area contributed by atoms with Gasteiger partial charge in [0.1, 0.15) is 5.78 Å². The van der Waals surface area contributed by atoms with Gasteiger partial charge in [-0.25, -0.2) is 0 Å². The first kappa shape index (κ1) is 18.8. The van der Waals surface area contributed by atoms with Crippen LogP contribution in [0.5, 0.6) is 0 Å². The normalized spacial score (nSPS) is 14.3. The van der Waals surface area contributed by atoms with Gasteiger partial charge in [-0.15, -0.1) is 0 Å². The summed E-state index contributed by atoms with van der Waals surface area (Å²) in [6.07, 6.45) is 0. The average Bonchev–Trinajstić information content (AvgIpc) is 2.71. The molecule has 1 N–H and O–H groups in total. The van der Waals surface area contributed by atoms with Crippen LogP contribution < -0.4 is 5.32 Å². The largest absolute Gasteiger partial charge is 0.351 e. The summed E-state index contributed by atoms with van der Waals surface area (Å²) in [6.45, 7) is 2.06. The Hall–Kier alpha value is -1.97. The van der Waals surface area contributed by atoms with E-state index in [2.05, 4.69) is 36.5 Å². The third-order valence-electron chi connectivity index (χ3n) is 4.64. The van der Waals surface area contributed by atoms with E-state index in [4.69, 9.17) is 9.05 Å². The summed E-state index contributed by atoms with van der Waals surface area (Å²) in [4.78, 5) is 0. The van der Waals surface area contributed by atoms with Crippen molar-refractivity contribution in [3.63, 3.8) is 0 Å². The molecule has 0 radical (unpaired) electrons. The number of hydrogen-bond donors (Lipinski definition) is 1. The second kappa shape index (κ2) is 8.15.